The fourth-order valence-electron chi connectivity index (χ4n) is 2.90. The van der Waals surface area contributed by atoms with Crippen LogP contribution in [0.3, 0.4) is 0 Å². The first-order valence-electron chi connectivity index (χ1n) is 7.20. The van der Waals surface area contributed by atoms with Crippen LogP contribution in [0.5, 0.6) is 0 Å². The quantitative estimate of drug-likeness (QED) is 0.792. The van der Waals surface area contributed by atoms with Gasteiger partial charge in [-0.25, -0.2) is 0 Å². The summed E-state index contributed by atoms with van der Waals surface area (Å²) in [5, 5.41) is 3.19. The van der Waals surface area contributed by atoms with Crippen LogP contribution < -0.4 is 5.32 Å². The number of amides is 1. The minimum atomic E-state index is -4.26. The molecule has 3 nitrogen and oxygen atoms in total. The van der Waals surface area contributed by atoms with Gasteiger partial charge in [0.1, 0.15) is 0 Å². The van der Waals surface area contributed by atoms with Gasteiger partial charge in [0, 0.05) is 18.7 Å². The second-order valence-corrected chi connectivity index (χ2v) is 5.57. The molecule has 1 amide bonds. The van der Waals surface area contributed by atoms with E-state index in [0.717, 1.165) is 31.9 Å². The van der Waals surface area contributed by atoms with E-state index in [4.69, 9.17) is 0 Å². The van der Waals surface area contributed by atoms with Crippen molar-refractivity contribution in [3.8, 4) is 0 Å². The van der Waals surface area contributed by atoms with Gasteiger partial charge in [-0.1, -0.05) is 19.4 Å². The first-order valence-corrected chi connectivity index (χ1v) is 7.20. The van der Waals surface area contributed by atoms with E-state index >= 15 is 0 Å². The lowest BCUT2D eigenvalue weighted by Gasteiger charge is -2.34. The SMILES string of the molecule is CCC1CCNC(C(=O)N2CC=C(C(F)(F)F)CC2)C1. The molecule has 0 aromatic carbocycles. The predicted molar refractivity (Wildman–Crippen MR) is 70.1 cm³/mol. The Bertz CT molecular complexity index is 392. The molecule has 114 valence electrons. The fraction of sp³-hybridized carbons (Fsp3) is 0.786. The highest BCUT2D eigenvalue weighted by molar-refractivity contribution is 5.82. The lowest BCUT2D eigenvalue weighted by molar-refractivity contribution is -0.135. The Kier molecular flexibility index (Phi) is 4.73. The number of halogens is 3. The maximum Gasteiger partial charge on any atom is 0.412 e. The van der Waals surface area contributed by atoms with Crippen LogP contribution >= 0.6 is 0 Å². The number of carbonyl (C=O) groups excluding carboxylic acids is 1. The molecule has 1 fully saturated rings. The molecular weight excluding hydrogens is 269 g/mol. The van der Waals surface area contributed by atoms with Gasteiger partial charge in [0.05, 0.1) is 6.04 Å². The molecule has 6 heteroatoms. The van der Waals surface area contributed by atoms with Crippen LogP contribution in [-0.4, -0.2) is 42.7 Å². The van der Waals surface area contributed by atoms with Crippen molar-refractivity contribution in [2.75, 3.05) is 19.6 Å². The molecule has 0 aromatic heterocycles. The third-order valence-electron chi connectivity index (χ3n) is 4.27. The zero-order chi connectivity index (χ0) is 14.8. The smallest absolute Gasteiger partial charge is 0.337 e. The highest BCUT2D eigenvalue weighted by Crippen LogP contribution is 2.30. The molecule has 2 rings (SSSR count). The molecule has 0 aliphatic carbocycles. The van der Waals surface area contributed by atoms with Crippen molar-refractivity contribution in [2.45, 2.75) is 44.8 Å². The van der Waals surface area contributed by atoms with E-state index in [2.05, 4.69) is 12.2 Å². The number of rotatable bonds is 2. The van der Waals surface area contributed by atoms with Gasteiger partial charge in [0.25, 0.3) is 0 Å². The zero-order valence-corrected chi connectivity index (χ0v) is 11.7. The van der Waals surface area contributed by atoms with Crippen molar-refractivity contribution in [1.82, 2.24) is 10.2 Å². The van der Waals surface area contributed by atoms with Crippen molar-refractivity contribution in [3.05, 3.63) is 11.6 Å². The molecule has 0 spiro atoms. The third-order valence-corrected chi connectivity index (χ3v) is 4.27. The van der Waals surface area contributed by atoms with E-state index < -0.39 is 11.7 Å². The Morgan fingerprint density at radius 2 is 2.25 bits per heavy atom. The number of alkyl halides is 3. The van der Waals surface area contributed by atoms with Gasteiger partial charge in [-0.3, -0.25) is 4.79 Å². The topological polar surface area (TPSA) is 32.3 Å². The number of hydrogen-bond acceptors (Lipinski definition) is 2. The molecule has 2 atom stereocenters. The van der Waals surface area contributed by atoms with Crippen molar-refractivity contribution >= 4 is 5.91 Å². The minimum Gasteiger partial charge on any atom is -0.337 e. The van der Waals surface area contributed by atoms with E-state index in [1.165, 1.54) is 4.90 Å². The zero-order valence-electron chi connectivity index (χ0n) is 11.7. The molecule has 2 aliphatic rings. The second kappa shape index (κ2) is 6.16. The summed E-state index contributed by atoms with van der Waals surface area (Å²) in [5.74, 6) is 0.483. The molecule has 2 aliphatic heterocycles. The Hall–Kier alpha value is -1.04. The first-order chi connectivity index (χ1) is 9.41. The van der Waals surface area contributed by atoms with Gasteiger partial charge in [-0.05, 0) is 31.7 Å². The average molecular weight is 290 g/mol. The largest absolute Gasteiger partial charge is 0.412 e. The summed E-state index contributed by atoms with van der Waals surface area (Å²) in [6, 6.07) is -0.227. The van der Waals surface area contributed by atoms with Crippen molar-refractivity contribution in [2.24, 2.45) is 5.92 Å². The Labute approximate surface area is 117 Å². The number of nitrogens with zero attached hydrogens (tertiary/aromatic N) is 1. The van der Waals surface area contributed by atoms with E-state index in [9.17, 15) is 18.0 Å². The van der Waals surface area contributed by atoms with Gasteiger partial charge in [0.15, 0.2) is 0 Å². The normalized spacial score (nSPS) is 28.2. The standard InChI is InChI=1S/C14H21F3N2O/c1-2-10-3-6-18-12(9-10)13(20)19-7-4-11(5-8-19)14(15,16)17/h4,10,12,18H,2-3,5-9H2,1H3. The second-order valence-electron chi connectivity index (χ2n) is 5.57. The molecule has 1 N–H and O–H groups in total. The average Bonchev–Trinajstić information content (AvgIpc) is 2.46. The summed E-state index contributed by atoms with van der Waals surface area (Å²) in [5.41, 5.74) is -0.510. The maximum atomic E-state index is 12.5. The number of carbonyl (C=O) groups is 1. The summed E-state index contributed by atoms with van der Waals surface area (Å²) in [6.45, 7) is 3.16. The van der Waals surface area contributed by atoms with E-state index in [-0.39, 0.29) is 31.5 Å². The summed E-state index contributed by atoms with van der Waals surface area (Å²) in [7, 11) is 0. The molecule has 20 heavy (non-hydrogen) atoms. The van der Waals surface area contributed by atoms with Gasteiger partial charge < -0.3 is 10.2 Å². The van der Waals surface area contributed by atoms with Gasteiger partial charge in [0.2, 0.25) is 5.91 Å². The summed E-state index contributed by atoms with van der Waals surface area (Å²) in [6.07, 6.45) is -0.310. The van der Waals surface area contributed by atoms with Crippen LogP contribution in [0.15, 0.2) is 11.6 Å². The molecule has 0 bridgehead atoms. The van der Waals surface area contributed by atoms with Crippen LogP contribution in [0.2, 0.25) is 0 Å². The predicted octanol–water partition coefficient (Wildman–Crippen LogP) is 2.49. The molecule has 2 heterocycles. The highest BCUT2D eigenvalue weighted by atomic mass is 19.4. The molecule has 0 saturated carbocycles. The van der Waals surface area contributed by atoms with Crippen LogP contribution in [0.1, 0.15) is 32.6 Å². The molecular formula is C14H21F3N2O. The van der Waals surface area contributed by atoms with E-state index in [0.29, 0.717) is 5.92 Å². The van der Waals surface area contributed by atoms with Crippen LogP contribution in [0.25, 0.3) is 0 Å². The number of piperidine rings is 1. The van der Waals surface area contributed by atoms with Gasteiger partial charge in [-0.15, -0.1) is 0 Å². The molecule has 2 unspecified atom stereocenters. The lowest BCUT2D eigenvalue weighted by atomic mass is 9.89. The van der Waals surface area contributed by atoms with Crippen LogP contribution in [-0.2, 0) is 4.79 Å². The van der Waals surface area contributed by atoms with Crippen molar-refractivity contribution in [3.63, 3.8) is 0 Å². The number of hydrogen-bond donors (Lipinski definition) is 1. The Balaban J connectivity index is 1.93. The summed E-state index contributed by atoms with van der Waals surface area (Å²) in [4.78, 5) is 13.9. The monoisotopic (exact) mass is 290 g/mol. The van der Waals surface area contributed by atoms with Crippen LogP contribution in [0, 0.1) is 5.92 Å². The van der Waals surface area contributed by atoms with Crippen LogP contribution in [0.4, 0.5) is 13.2 Å². The Morgan fingerprint density at radius 3 is 2.80 bits per heavy atom. The molecule has 0 aromatic rings. The van der Waals surface area contributed by atoms with E-state index in [1.807, 2.05) is 0 Å². The maximum absolute atomic E-state index is 12.5. The summed E-state index contributed by atoms with van der Waals surface area (Å²) >= 11 is 0. The van der Waals surface area contributed by atoms with Crippen molar-refractivity contribution in [1.29, 1.82) is 0 Å². The first kappa shape index (κ1) is 15.4. The lowest BCUT2D eigenvalue weighted by Crippen LogP contribution is -2.51. The number of nitrogens with one attached hydrogen (secondary N) is 1. The van der Waals surface area contributed by atoms with E-state index in [1.54, 1.807) is 0 Å². The van der Waals surface area contributed by atoms with Gasteiger partial charge >= 0.3 is 6.18 Å². The Morgan fingerprint density at radius 1 is 1.50 bits per heavy atom. The minimum absolute atomic E-state index is 0.0550. The summed E-state index contributed by atoms with van der Waals surface area (Å²) < 4.78 is 37.6. The highest BCUT2D eigenvalue weighted by Gasteiger charge is 2.37. The fourth-order valence-corrected chi connectivity index (χ4v) is 2.90. The van der Waals surface area contributed by atoms with Crippen molar-refractivity contribution < 1.29 is 18.0 Å². The van der Waals surface area contributed by atoms with Gasteiger partial charge in [-0.2, -0.15) is 13.2 Å². The molecule has 1 saturated heterocycles. The third kappa shape index (κ3) is 3.53. The molecule has 0 radical (unpaired) electrons.